The van der Waals surface area contributed by atoms with Crippen molar-refractivity contribution >= 4 is 17.2 Å². The zero-order valence-electron chi connectivity index (χ0n) is 10.5. The number of hydrogen-bond acceptors (Lipinski definition) is 3. The molecule has 1 aromatic carbocycles. The van der Waals surface area contributed by atoms with Gasteiger partial charge in [-0.15, -0.1) is 0 Å². The molecule has 3 heteroatoms. The zero-order chi connectivity index (χ0) is 12.4. The van der Waals surface area contributed by atoms with Gasteiger partial charge in [0, 0.05) is 23.0 Å². The minimum absolute atomic E-state index is 0.0149. The molecular weight excluding hydrogens is 212 g/mol. The van der Waals surface area contributed by atoms with Gasteiger partial charge < -0.3 is 11.1 Å². The first kappa shape index (κ1) is 12.0. The van der Waals surface area contributed by atoms with Crippen LogP contribution in [0.4, 0.5) is 11.4 Å². The average Bonchev–Trinajstić information content (AvgIpc) is 2.13. The number of nitrogens with one attached hydrogen (secondary N) is 1. The van der Waals surface area contributed by atoms with E-state index in [1.807, 2.05) is 12.1 Å². The maximum absolute atomic E-state index is 11.3. The van der Waals surface area contributed by atoms with Gasteiger partial charge in [0.1, 0.15) is 0 Å². The van der Waals surface area contributed by atoms with Gasteiger partial charge in [-0.1, -0.05) is 6.42 Å². The van der Waals surface area contributed by atoms with Crippen LogP contribution >= 0.6 is 0 Å². The van der Waals surface area contributed by atoms with Gasteiger partial charge >= 0.3 is 0 Å². The Hall–Kier alpha value is -1.51. The van der Waals surface area contributed by atoms with Gasteiger partial charge in [0.2, 0.25) is 0 Å². The number of carbonyl (C=O) groups is 1. The minimum Gasteiger partial charge on any atom is -0.398 e. The maximum atomic E-state index is 11.3. The van der Waals surface area contributed by atoms with Crippen LogP contribution in [0, 0.1) is 5.92 Å². The lowest BCUT2D eigenvalue weighted by atomic mass is 9.80. The van der Waals surface area contributed by atoms with E-state index in [9.17, 15) is 4.79 Å². The van der Waals surface area contributed by atoms with Crippen LogP contribution in [-0.2, 0) is 0 Å². The van der Waals surface area contributed by atoms with Gasteiger partial charge in [0.05, 0.1) is 0 Å². The second-order valence-corrected chi connectivity index (χ2v) is 4.98. The summed E-state index contributed by atoms with van der Waals surface area (Å²) in [6.45, 7) is 3.74. The third kappa shape index (κ3) is 2.60. The number of anilines is 2. The molecular formula is C14H20N2O. The molecule has 0 bridgehead atoms. The van der Waals surface area contributed by atoms with E-state index >= 15 is 0 Å². The first-order valence-corrected chi connectivity index (χ1v) is 6.25. The van der Waals surface area contributed by atoms with Crippen molar-refractivity contribution in [2.75, 3.05) is 11.1 Å². The van der Waals surface area contributed by atoms with Crippen molar-refractivity contribution < 1.29 is 4.79 Å². The SMILES string of the molecule is CC(=O)c1ccc(NC(C)C2CCC2)cc1N. The molecule has 1 unspecified atom stereocenters. The summed E-state index contributed by atoms with van der Waals surface area (Å²) in [6, 6.07) is 6.06. The lowest BCUT2D eigenvalue weighted by Gasteiger charge is -2.32. The summed E-state index contributed by atoms with van der Waals surface area (Å²) in [5.74, 6) is 0.796. The van der Waals surface area contributed by atoms with Crippen LogP contribution < -0.4 is 11.1 Å². The Morgan fingerprint density at radius 1 is 1.47 bits per heavy atom. The number of carbonyl (C=O) groups excluding carboxylic acids is 1. The second kappa shape index (κ2) is 4.78. The van der Waals surface area contributed by atoms with Crippen molar-refractivity contribution in [2.24, 2.45) is 5.92 Å². The van der Waals surface area contributed by atoms with E-state index in [4.69, 9.17) is 5.73 Å². The Morgan fingerprint density at radius 3 is 2.65 bits per heavy atom. The molecule has 1 aromatic rings. The van der Waals surface area contributed by atoms with Crippen molar-refractivity contribution in [1.29, 1.82) is 0 Å². The molecule has 3 nitrogen and oxygen atoms in total. The van der Waals surface area contributed by atoms with Crippen molar-refractivity contribution in [3.63, 3.8) is 0 Å². The molecule has 0 radical (unpaired) electrons. The monoisotopic (exact) mass is 232 g/mol. The smallest absolute Gasteiger partial charge is 0.161 e. The van der Waals surface area contributed by atoms with E-state index in [2.05, 4.69) is 12.2 Å². The van der Waals surface area contributed by atoms with Gasteiger partial charge in [0.15, 0.2) is 5.78 Å². The Labute approximate surface area is 102 Å². The van der Waals surface area contributed by atoms with E-state index < -0.39 is 0 Å². The molecule has 1 saturated carbocycles. The number of hydrogen-bond donors (Lipinski definition) is 2. The van der Waals surface area contributed by atoms with E-state index in [1.54, 1.807) is 6.07 Å². The highest BCUT2D eigenvalue weighted by atomic mass is 16.1. The van der Waals surface area contributed by atoms with Crippen LogP contribution in [0.3, 0.4) is 0 Å². The molecule has 0 aliphatic heterocycles. The van der Waals surface area contributed by atoms with Gasteiger partial charge in [0.25, 0.3) is 0 Å². The van der Waals surface area contributed by atoms with Crippen molar-refractivity contribution in [1.82, 2.24) is 0 Å². The summed E-state index contributed by atoms with van der Waals surface area (Å²) in [5, 5.41) is 3.46. The Bertz CT molecular complexity index is 424. The summed E-state index contributed by atoms with van der Waals surface area (Å²) < 4.78 is 0. The van der Waals surface area contributed by atoms with Gasteiger partial charge in [-0.25, -0.2) is 0 Å². The zero-order valence-corrected chi connectivity index (χ0v) is 10.5. The molecule has 0 spiro atoms. The molecule has 1 fully saturated rings. The van der Waals surface area contributed by atoms with E-state index in [1.165, 1.54) is 26.2 Å². The summed E-state index contributed by atoms with van der Waals surface area (Å²) in [7, 11) is 0. The van der Waals surface area contributed by atoms with E-state index in [0.717, 1.165) is 11.6 Å². The number of nitrogens with two attached hydrogens (primary N) is 1. The van der Waals surface area contributed by atoms with Gasteiger partial charge in [-0.3, -0.25) is 4.79 Å². The highest BCUT2D eigenvalue weighted by molar-refractivity contribution is 5.99. The summed E-state index contributed by atoms with van der Waals surface area (Å²) >= 11 is 0. The molecule has 0 saturated heterocycles. The third-order valence-corrected chi connectivity index (χ3v) is 3.68. The molecule has 1 aliphatic rings. The second-order valence-electron chi connectivity index (χ2n) is 4.98. The predicted molar refractivity (Wildman–Crippen MR) is 71.3 cm³/mol. The molecule has 17 heavy (non-hydrogen) atoms. The fraction of sp³-hybridized carbons (Fsp3) is 0.500. The number of rotatable bonds is 4. The van der Waals surface area contributed by atoms with Crippen LogP contribution in [0.2, 0.25) is 0 Å². The molecule has 0 amide bonds. The molecule has 1 atom stereocenters. The fourth-order valence-corrected chi connectivity index (χ4v) is 2.29. The lowest BCUT2D eigenvalue weighted by Crippen LogP contribution is -2.30. The Kier molecular flexibility index (Phi) is 3.36. The van der Waals surface area contributed by atoms with Crippen LogP contribution in [0.1, 0.15) is 43.5 Å². The Morgan fingerprint density at radius 2 is 2.18 bits per heavy atom. The van der Waals surface area contributed by atoms with Crippen LogP contribution in [-0.4, -0.2) is 11.8 Å². The quantitative estimate of drug-likeness (QED) is 0.619. The minimum atomic E-state index is 0.0149. The van der Waals surface area contributed by atoms with Crippen LogP contribution in [0.5, 0.6) is 0 Å². The number of nitrogen functional groups attached to an aromatic ring is 1. The molecule has 3 N–H and O–H groups in total. The van der Waals surface area contributed by atoms with Crippen LogP contribution in [0.15, 0.2) is 18.2 Å². The Balaban J connectivity index is 2.06. The van der Waals surface area contributed by atoms with Crippen molar-refractivity contribution in [3.05, 3.63) is 23.8 Å². The molecule has 2 rings (SSSR count). The standard InChI is InChI=1S/C14H20N2O/c1-9(11-4-3-5-11)16-12-6-7-13(10(2)17)14(15)8-12/h6-9,11,16H,3-5,15H2,1-2H3. The van der Waals surface area contributed by atoms with Crippen molar-refractivity contribution in [2.45, 2.75) is 39.2 Å². The summed E-state index contributed by atoms with van der Waals surface area (Å²) in [5.41, 5.74) is 8.03. The third-order valence-electron chi connectivity index (χ3n) is 3.68. The molecule has 92 valence electrons. The molecule has 0 aromatic heterocycles. The van der Waals surface area contributed by atoms with E-state index in [-0.39, 0.29) is 5.78 Å². The maximum Gasteiger partial charge on any atom is 0.161 e. The van der Waals surface area contributed by atoms with Crippen LogP contribution in [0.25, 0.3) is 0 Å². The first-order valence-electron chi connectivity index (χ1n) is 6.25. The highest BCUT2D eigenvalue weighted by Crippen LogP contribution is 2.31. The van der Waals surface area contributed by atoms with Gasteiger partial charge in [-0.2, -0.15) is 0 Å². The number of Topliss-reactive ketones (excluding diaryl/α,β-unsaturated/α-hetero) is 1. The van der Waals surface area contributed by atoms with Crippen molar-refractivity contribution in [3.8, 4) is 0 Å². The topological polar surface area (TPSA) is 55.1 Å². The van der Waals surface area contributed by atoms with Gasteiger partial charge in [-0.05, 0) is 50.8 Å². The number of benzene rings is 1. The fourth-order valence-electron chi connectivity index (χ4n) is 2.29. The molecule has 0 heterocycles. The first-order chi connectivity index (χ1) is 8.08. The van der Waals surface area contributed by atoms with E-state index in [0.29, 0.717) is 17.3 Å². The highest BCUT2D eigenvalue weighted by Gasteiger charge is 2.23. The lowest BCUT2D eigenvalue weighted by molar-refractivity contribution is 0.101. The normalized spacial score (nSPS) is 17.3. The molecule has 1 aliphatic carbocycles. The number of ketones is 1. The average molecular weight is 232 g/mol. The summed E-state index contributed by atoms with van der Waals surface area (Å²) in [4.78, 5) is 11.3. The summed E-state index contributed by atoms with van der Waals surface area (Å²) in [6.07, 6.45) is 3.98. The predicted octanol–water partition coefficient (Wildman–Crippen LogP) is 3.07. The largest absolute Gasteiger partial charge is 0.398 e.